The maximum atomic E-state index is 13.0. The van der Waals surface area contributed by atoms with Gasteiger partial charge in [0.05, 0.1) is 34.0 Å². The lowest BCUT2D eigenvalue weighted by molar-refractivity contribution is -0.873. The summed E-state index contributed by atoms with van der Waals surface area (Å²) in [5.41, 5.74) is 1.41. The average molecular weight is 514 g/mol. The van der Waals surface area contributed by atoms with E-state index in [1.54, 1.807) is 0 Å². The van der Waals surface area contributed by atoms with Crippen LogP contribution in [-0.2, 0) is 30.5 Å². The number of benzene rings is 1. The van der Waals surface area contributed by atoms with E-state index in [4.69, 9.17) is 9.47 Å². The molecule has 7 heteroatoms. The van der Waals surface area contributed by atoms with Gasteiger partial charge in [-0.1, -0.05) is 44.2 Å². The van der Waals surface area contributed by atoms with Gasteiger partial charge in [0, 0.05) is 12.0 Å². The van der Waals surface area contributed by atoms with Crippen LogP contribution in [0.25, 0.3) is 0 Å². The van der Waals surface area contributed by atoms with Crippen molar-refractivity contribution in [1.29, 1.82) is 0 Å². The Balaban J connectivity index is 1.26. The summed E-state index contributed by atoms with van der Waals surface area (Å²) in [5, 5.41) is 3.36. The molecule has 0 radical (unpaired) electrons. The molecule has 4 saturated carbocycles. The topological polar surface area (TPSA) is 81.7 Å². The molecule has 5 rings (SSSR count). The first-order valence-corrected chi connectivity index (χ1v) is 13.8. The number of nitrogens with one attached hydrogen (secondary N) is 1. The van der Waals surface area contributed by atoms with Gasteiger partial charge in [0.25, 0.3) is 0 Å². The number of hydrogen-bond acceptors (Lipinski definition) is 5. The minimum absolute atomic E-state index is 0.00653. The molecule has 0 aliphatic heterocycles. The molecule has 0 heterocycles. The molecule has 3 atom stereocenters. The highest BCUT2D eigenvalue weighted by atomic mass is 16.6. The zero-order chi connectivity index (χ0) is 26.9. The fourth-order valence-electron chi connectivity index (χ4n) is 8.14. The van der Waals surface area contributed by atoms with Crippen LogP contribution in [0.3, 0.4) is 0 Å². The predicted molar refractivity (Wildman–Crippen MR) is 141 cm³/mol. The van der Waals surface area contributed by atoms with Crippen LogP contribution in [0.15, 0.2) is 30.3 Å². The SMILES string of the molecule is CC12CC3CC(C)(C1)CC(NC(=O)CCC(=O)OC(CC(=O)OCc1ccccc1)C[N+](C)(C)C)(C3)C2. The minimum Gasteiger partial charge on any atom is -0.461 e. The summed E-state index contributed by atoms with van der Waals surface area (Å²) in [6, 6.07) is 9.49. The van der Waals surface area contributed by atoms with Gasteiger partial charge in [-0.2, -0.15) is 0 Å². The third-order valence-corrected chi connectivity index (χ3v) is 8.27. The summed E-state index contributed by atoms with van der Waals surface area (Å²) >= 11 is 0. The van der Waals surface area contributed by atoms with Crippen LogP contribution >= 0.6 is 0 Å². The second-order valence-electron chi connectivity index (χ2n) is 13.9. The van der Waals surface area contributed by atoms with Crippen LogP contribution in [0.5, 0.6) is 0 Å². The van der Waals surface area contributed by atoms with Crippen LogP contribution in [0.1, 0.15) is 77.2 Å². The summed E-state index contributed by atoms with van der Waals surface area (Å²) in [4.78, 5) is 38.1. The molecule has 4 aliphatic carbocycles. The Morgan fingerprint density at radius 3 is 2.19 bits per heavy atom. The maximum Gasteiger partial charge on any atom is 0.310 e. The fourth-order valence-corrected chi connectivity index (χ4v) is 8.14. The van der Waals surface area contributed by atoms with Gasteiger partial charge < -0.3 is 19.3 Å². The number of ether oxygens (including phenoxy) is 2. The molecule has 204 valence electrons. The first-order valence-electron chi connectivity index (χ1n) is 13.8. The van der Waals surface area contributed by atoms with E-state index >= 15 is 0 Å². The lowest BCUT2D eigenvalue weighted by Gasteiger charge is -2.65. The van der Waals surface area contributed by atoms with Gasteiger partial charge in [-0.25, -0.2) is 0 Å². The van der Waals surface area contributed by atoms with Crippen LogP contribution in [0.4, 0.5) is 0 Å². The highest BCUT2D eigenvalue weighted by Gasteiger charge is 2.60. The number of rotatable bonds is 11. The van der Waals surface area contributed by atoms with Crippen molar-refractivity contribution in [3.63, 3.8) is 0 Å². The summed E-state index contributed by atoms with van der Waals surface area (Å²) in [6.07, 6.45) is 6.43. The van der Waals surface area contributed by atoms with Gasteiger partial charge in [-0.05, 0) is 60.8 Å². The smallest absolute Gasteiger partial charge is 0.310 e. The van der Waals surface area contributed by atoms with Gasteiger partial charge in [0.1, 0.15) is 13.2 Å². The van der Waals surface area contributed by atoms with Crippen LogP contribution < -0.4 is 5.32 Å². The highest BCUT2D eigenvalue weighted by molar-refractivity contribution is 5.82. The van der Waals surface area contributed by atoms with Gasteiger partial charge in [0.2, 0.25) is 5.91 Å². The van der Waals surface area contributed by atoms with Gasteiger partial charge in [-0.15, -0.1) is 0 Å². The third-order valence-electron chi connectivity index (χ3n) is 8.27. The first kappa shape index (κ1) is 27.6. The number of amides is 1. The van der Waals surface area contributed by atoms with Crippen LogP contribution in [0.2, 0.25) is 0 Å². The molecule has 37 heavy (non-hydrogen) atoms. The number of quaternary nitrogens is 1. The Labute approximate surface area is 221 Å². The Bertz CT molecular complexity index is 983. The summed E-state index contributed by atoms with van der Waals surface area (Å²) in [7, 11) is 5.95. The molecule has 3 unspecified atom stereocenters. The number of carbonyl (C=O) groups excluding carboxylic acids is 3. The molecular weight excluding hydrogens is 468 g/mol. The van der Waals surface area contributed by atoms with E-state index < -0.39 is 18.0 Å². The van der Waals surface area contributed by atoms with Crippen molar-refractivity contribution in [3.05, 3.63) is 35.9 Å². The monoisotopic (exact) mass is 513 g/mol. The standard InChI is InChI=1S/C30H44N2O5/c1-28-14-23-15-29(2,19-28)21-30(16-23,20-28)31-25(33)11-12-26(34)37-24(17-32(3,4)5)13-27(35)36-18-22-9-7-6-8-10-22/h6-10,23-24H,11-21H2,1-5H3/p+1. The molecule has 0 saturated heterocycles. The first-order chi connectivity index (χ1) is 17.2. The van der Waals surface area contributed by atoms with Crippen molar-refractivity contribution in [2.45, 2.75) is 89.9 Å². The Kier molecular flexibility index (Phi) is 7.76. The van der Waals surface area contributed by atoms with E-state index in [1.807, 2.05) is 51.5 Å². The molecule has 7 nitrogen and oxygen atoms in total. The van der Waals surface area contributed by atoms with E-state index in [-0.39, 0.29) is 37.3 Å². The molecule has 4 fully saturated rings. The van der Waals surface area contributed by atoms with Gasteiger partial charge >= 0.3 is 11.9 Å². The van der Waals surface area contributed by atoms with Crippen molar-refractivity contribution in [2.75, 3.05) is 27.7 Å². The summed E-state index contributed by atoms with van der Waals surface area (Å²) in [5.74, 6) is -0.239. The molecule has 0 spiro atoms. The Morgan fingerprint density at radius 1 is 0.946 bits per heavy atom. The summed E-state index contributed by atoms with van der Waals surface area (Å²) in [6.45, 7) is 5.42. The minimum atomic E-state index is -0.609. The van der Waals surface area contributed by atoms with Crippen molar-refractivity contribution in [2.24, 2.45) is 16.7 Å². The van der Waals surface area contributed by atoms with E-state index in [2.05, 4.69) is 19.2 Å². The third kappa shape index (κ3) is 7.56. The molecular formula is C30H45N2O5+. The molecule has 4 aliphatic rings. The lowest BCUT2D eigenvalue weighted by atomic mass is 9.43. The van der Waals surface area contributed by atoms with E-state index in [1.165, 1.54) is 19.3 Å². The number of hydrogen-bond donors (Lipinski definition) is 1. The number of nitrogens with zero attached hydrogens (tertiary/aromatic N) is 1. The molecule has 1 amide bonds. The number of carbonyl (C=O) groups is 3. The quantitative estimate of drug-likeness (QED) is 0.351. The predicted octanol–water partition coefficient (Wildman–Crippen LogP) is 4.38. The van der Waals surface area contributed by atoms with Crippen LogP contribution in [-0.4, -0.2) is 61.7 Å². The second-order valence-corrected chi connectivity index (χ2v) is 13.9. The molecule has 0 aromatic heterocycles. The second kappa shape index (κ2) is 10.4. The van der Waals surface area contributed by atoms with Gasteiger partial charge in [-0.3, -0.25) is 14.4 Å². The molecule has 1 aromatic carbocycles. The largest absolute Gasteiger partial charge is 0.461 e. The zero-order valence-electron chi connectivity index (χ0n) is 23.3. The van der Waals surface area contributed by atoms with Crippen molar-refractivity contribution < 1.29 is 28.3 Å². The molecule has 1 aromatic rings. The normalized spacial score (nSPS) is 31.0. The Morgan fingerprint density at radius 2 is 1.59 bits per heavy atom. The zero-order valence-corrected chi connectivity index (χ0v) is 23.3. The van der Waals surface area contributed by atoms with Gasteiger partial charge in [0.15, 0.2) is 6.10 Å². The van der Waals surface area contributed by atoms with Crippen LogP contribution in [0, 0.1) is 16.7 Å². The molecule has 1 N–H and O–H groups in total. The average Bonchev–Trinajstić information content (AvgIpc) is 2.73. The van der Waals surface area contributed by atoms with E-state index in [0.717, 1.165) is 24.8 Å². The summed E-state index contributed by atoms with van der Waals surface area (Å²) < 4.78 is 11.6. The number of esters is 2. The van der Waals surface area contributed by atoms with Crippen molar-refractivity contribution in [1.82, 2.24) is 5.32 Å². The number of likely N-dealkylation sites (N-methyl/N-ethyl adjacent to an activating group) is 1. The Hall–Kier alpha value is -2.41. The van der Waals surface area contributed by atoms with Crippen molar-refractivity contribution in [3.8, 4) is 0 Å². The fraction of sp³-hybridized carbons (Fsp3) is 0.700. The van der Waals surface area contributed by atoms with E-state index in [0.29, 0.717) is 27.8 Å². The van der Waals surface area contributed by atoms with Crippen molar-refractivity contribution >= 4 is 17.8 Å². The highest BCUT2D eigenvalue weighted by Crippen LogP contribution is 2.66. The lowest BCUT2D eigenvalue weighted by Crippen LogP contribution is -2.65. The maximum absolute atomic E-state index is 13.0. The van der Waals surface area contributed by atoms with E-state index in [9.17, 15) is 14.4 Å². The molecule has 4 bridgehead atoms.